The largest absolute Gasteiger partial charge is 0.356 e. The van der Waals surface area contributed by atoms with Crippen LogP contribution in [-0.2, 0) is 11.3 Å². The lowest BCUT2D eigenvalue weighted by atomic mass is 9.88. The van der Waals surface area contributed by atoms with Gasteiger partial charge in [0.2, 0.25) is 5.91 Å². The molecule has 6 heteroatoms. The summed E-state index contributed by atoms with van der Waals surface area (Å²) in [6.07, 6.45) is 7.80. The minimum atomic E-state index is 0.190. The van der Waals surface area contributed by atoms with E-state index in [2.05, 4.69) is 20.9 Å². The molecule has 3 unspecified atom stereocenters. The Kier molecular flexibility index (Phi) is 3.27. The first kappa shape index (κ1) is 11.6. The summed E-state index contributed by atoms with van der Waals surface area (Å²) in [7, 11) is 0. The summed E-state index contributed by atoms with van der Waals surface area (Å²) < 4.78 is 1.78. The van der Waals surface area contributed by atoms with Gasteiger partial charge >= 0.3 is 0 Å². The van der Waals surface area contributed by atoms with Crippen molar-refractivity contribution >= 4 is 5.91 Å². The van der Waals surface area contributed by atoms with Crippen molar-refractivity contribution in [2.24, 2.45) is 5.92 Å². The molecular weight excluding hydrogens is 230 g/mol. The lowest BCUT2D eigenvalue weighted by Crippen LogP contribution is -2.38. The Labute approximate surface area is 106 Å². The van der Waals surface area contributed by atoms with E-state index in [9.17, 15) is 4.79 Å². The lowest BCUT2D eigenvalue weighted by molar-refractivity contribution is -0.125. The van der Waals surface area contributed by atoms with Crippen LogP contribution in [0.15, 0.2) is 12.4 Å². The Morgan fingerprint density at radius 2 is 2.44 bits per heavy atom. The number of rotatable bonds is 5. The first-order valence-corrected chi connectivity index (χ1v) is 6.71. The maximum atomic E-state index is 12.0. The molecule has 3 heterocycles. The van der Waals surface area contributed by atoms with E-state index in [1.165, 1.54) is 6.42 Å². The zero-order valence-corrected chi connectivity index (χ0v) is 10.4. The number of fused-ring (bicyclic) bond motifs is 2. The molecule has 0 spiro atoms. The normalized spacial score (nSPS) is 29.7. The number of nitrogens with zero attached hydrogens (tertiary/aromatic N) is 3. The summed E-state index contributed by atoms with van der Waals surface area (Å²) in [6, 6.07) is 1.01. The Hall–Kier alpha value is -1.43. The number of hydrogen-bond acceptors (Lipinski definition) is 4. The summed E-state index contributed by atoms with van der Waals surface area (Å²) >= 11 is 0. The molecule has 0 aliphatic carbocycles. The highest BCUT2D eigenvalue weighted by Crippen LogP contribution is 2.33. The van der Waals surface area contributed by atoms with Crippen molar-refractivity contribution in [2.45, 2.75) is 44.3 Å². The van der Waals surface area contributed by atoms with Crippen molar-refractivity contribution in [3.8, 4) is 0 Å². The van der Waals surface area contributed by atoms with Crippen molar-refractivity contribution in [2.75, 3.05) is 6.54 Å². The minimum absolute atomic E-state index is 0.190. The molecule has 2 fully saturated rings. The fourth-order valence-electron chi connectivity index (χ4n) is 3.05. The molecule has 3 atom stereocenters. The predicted molar refractivity (Wildman–Crippen MR) is 65.7 cm³/mol. The maximum absolute atomic E-state index is 12.0. The molecule has 2 aliphatic heterocycles. The number of carbonyl (C=O) groups is 1. The lowest BCUT2D eigenvalue weighted by Gasteiger charge is -2.19. The molecule has 2 aliphatic rings. The van der Waals surface area contributed by atoms with Crippen LogP contribution in [0, 0.1) is 5.92 Å². The van der Waals surface area contributed by atoms with E-state index in [1.807, 2.05) is 6.20 Å². The summed E-state index contributed by atoms with van der Waals surface area (Å²) in [4.78, 5) is 12.0. The van der Waals surface area contributed by atoms with Crippen molar-refractivity contribution in [3.63, 3.8) is 0 Å². The molecule has 1 aromatic heterocycles. The van der Waals surface area contributed by atoms with Crippen molar-refractivity contribution < 1.29 is 4.79 Å². The monoisotopic (exact) mass is 249 g/mol. The van der Waals surface area contributed by atoms with Gasteiger partial charge in [-0.2, -0.15) is 0 Å². The number of carbonyl (C=O) groups excluding carboxylic acids is 1. The van der Waals surface area contributed by atoms with Crippen LogP contribution < -0.4 is 10.6 Å². The Morgan fingerprint density at radius 3 is 3.11 bits per heavy atom. The van der Waals surface area contributed by atoms with Crippen LogP contribution in [0.1, 0.15) is 25.7 Å². The SMILES string of the molecule is O=C(NCCCn1ccnn1)C1CC2CCC1N2. The first-order chi connectivity index (χ1) is 8.83. The molecule has 3 rings (SSSR count). The van der Waals surface area contributed by atoms with E-state index in [4.69, 9.17) is 0 Å². The molecular formula is C12H19N5O. The summed E-state index contributed by atoms with van der Waals surface area (Å²) in [5.41, 5.74) is 0. The van der Waals surface area contributed by atoms with Crippen LogP contribution in [0.4, 0.5) is 0 Å². The van der Waals surface area contributed by atoms with Gasteiger partial charge in [0, 0.05) is 31.4 Å². The average molecular weight is 249 g/mol. The molecule has 2 bridgehead atoms. The van der Waals surface area contributed by atoms with Gasteiger partial charge < -0.3 is 10.6 Å². The van der Waals surface area contributed by atoms with Crippen LogP contribution in [0.2, 0.25) is 0 Å². The fourth-order valence-corrected chi connectivity index (χ4v) is 3.05. The van der Waals surface area contributed by atoms with Gasteiger partial charge in [0.25, 0.3) is 0 Å². The van der Waals surface area contributed by atoms with Gasteiger partial charge in [-0.25, -0.2) is 0 Å². The zero-order chi connectivity index (χ0) is 12.4. The first-order valence-electron chi connectivity index (χ1n) is 6.71. The number of amides is 1. The van der Waals surface area contributed by atoms with Crippen LogP contribution in [0.3, 0.4) is 0 Å². The third-order valence-corrected chi connectivity index (χ3v) is 3.97. The fraction of sp³-hybridized carbons (Fsp3) is 0.750. The van der Waals surface area contributed by atoms with Crippen molar-refractivity contribution in [1.82, 2.24) is 25.6 Å². The second-order valence-corrected chi connectivity index (χ2v) is 5.20. The van der Waals surface area contributed by atoms with Crippen LogP contribution in [0.25, 0.3) is 0 Å². The summed E-state index contributed by atoms with van der Waals surface area (Å²) in [6.45, 7) is 1.52. The topological polar surface area (TPSA) is 71.8 Å². The van der Waals surface area contributed by atoms with Gasteiger partial charge in [0.05, 0.1) is 12.1 Å². The van der Waals surface area contributed by atoms with Crippen LogP contribution in [-0.4, -0.2) is 39.5 Å². The molecule has 0 radical (unpaired) electrons. The van der Waals surface area contributed by atoms with Crippen LogP contribution in [0.5, 0.6) is 0 Å². The van der Waals surface area contributed by atoms with Crippen LogP contribution >= 0.6 is 0 Å². The summed E-state index contributed by atoms with van der Waals surface area (Å²) in [5.74, 6) is 0.406. The number of aromatic nitrogens is 3. The number of aryl methyl sites for hydroxylation is 1. The zero-order valence-electron chi connectivity index (χ0n) is 10.4. The third-order valence-electron chi connectivity index (χ3n) is 3.97. The Bertz CT molecular complexity index is 405. The number of nitrogens with one attached hydrogen (secondary N) is 2. The number of hydrogen-bond donors (Lipinski definition) is 2. The third kappa shape index (κ3) is 2.38. The second-order valence-electron chi connectivity index (χ2n) is 5.20. The molecule has 6 nitrogen and oxygen atoms in total. The molecule has 2 saturated heterocycles. The molecule has 2 N–H and O–H groups in total. The van der Waals surface area contributed by atoms with E-state index < -0.39 is 0 Å². The predicted octanol–water partition coefficient (Wildman–Crippen LogP) is -0.0751. The van der Waals surface area contributed by atoms with E-state index in [0.29, 0.717) is 18.6 Å². The van der Waals surface area contributed by atoms with E-state index in [-0.39, 0.29) is 11.8 Å². The average Bonchev–Trinajstić information content (AvgIpc) is 3.10. The second kappa shape index (κ2) is 5.06. The highest BCUT2D eigenvalue weighted by atomic mass is 16.1. The van der Waals surface area contributed by atoms with Gasteiger partial charge in [-0.3, -0.25) is 9.48 Å². The standard InChI is InChI=1S/C12H19N5O/c18-12(10-8-9-2-3-11(10)15-9)13-4-1-6-17-7-5-14-16-17/h5,7,9-11,15H,1-4,6,8H2,(H,13,18). The molecule has 0 saturated carbocycles. The quantitative estimate of drug-likeness (QED) is 0.716. The molecule has 1 amide bonds. The molecule has 98 valence electrons. The van der Waals surface area contributed by atoms with Crippen molar-refractivity contribution in [1.29, 1.82) is 0 Å². The molecule has 0 aromatic carbocycles. The van der Waals surface area contributed by atoms with Gasteiger partial charge in [-0.05, 0) is 25.7 Å². The van der Waals surface area contributed by atoms with Gasteiger partial charge in [0.1, 0.15) is 0 Å². The van der Waals surface area contributed by atoms with Crippen molar-refractivity contribution in [3.05, 3.63) is 12.4 Å². The molecule has 18 heavy (non-hydrogen) atoms. The highest BCUT2D eigenvalue weighted by molar-refractivity contribution is 5.80. The van der Waals surface area contributed by atoms with E-state index >= 15 is 0 Å². The smallest absolute Gasteiger partial charge is 0.224 e. The maximum Gasteiger partial charge on any atom is 0.224 e. The van der Waals surface area contributed by atoms with Gasteiger partial charge in [0.15, 0.2) is 0 Å². The van der Waals surface area contributed by atoms with E-state index in [0.717, 1.165) is 25.8 Å². The Morgan fingerprint density at radius 1 is 1.50 bits per heavy atom. The highest BCUT2D eigenvalue weighted by Gasteiger charge is 2.42. The Balaban J connectivity index is 1.37. The van der Waals surface area contributed by atoms with E-state index in [1.54, 1.807) is 10.9 Å². The van der Waals surface area contributed by atoms with Gasteiger partial charge in [-0.1, -0.05) is 5.21 Å². The summed E-state index contributed by atoms with van der Waals surface area (Å²) in [5, 5.41) is 14.1. The minimum Gasteiger partial charge on any atom is -0.356 e. The van der Waals surface area contributed by atoms with Gasteiger partial charge in [-0.15, -0.1) is 5.10 Å². The molecule has 1 aromatic rings.